The maximum atomic E-state index is 12.9. The molecular weight excluding hydrogens is 562 g/mol. The fraction of sp³-hybridized carbons (Fsp3) is 0.355. The molecule has 6 rings (SSSR count). The van der Waals surface area contributed by atoms with Crippen molar-refractivity contribution in [3.8, 4) is 0 Å². The molecule has 3 heterocycles. The molecule has 1 amide bonds. The molecule has 0 N–H and O–H groups in total. The van der Waals surface area contributed by atoms with Gasteiger partial charge in [-0.3, -0.25) is 4.79 Å². The first-order valence-electron chi connectivity index (χ1n) is 13.7. The second-order valence-electron chi connectivity index (χ2n) is 10.9. The van der Waals surface area contributed by atoms with Crippen LogP contribution in [0.3, 0.4) is 0 Å². The molecule has 9 heteroatoms. The van der Waals surface area contributed by atoms with Gasteiger partial charge in [0.15, 0.2) is 15.0 Å². The molecule has 3 aliphatic heterocycles. The fourth-order valence-electron chi connectivity index (χ4n) is 5.96. The van der Waals surface area contributed by atoms with Gasteiger partial charge in [0.05, 0.1) is 24.0 Å². The van der Waals surface area contributed by atoms with Crippen molar-refractivity contribution in [3.05, 3.63) is 95.0 Å². The Morgan fingerprint density at radius 2 is 1.55 bits per heavy atom. The molecule has 0 saturated carbocycles. The quantitative estimate of drug-likeness (QED) is 0.368. The number of amidine groups is 1. The predicted octanol–water partition coefficient (Wildman–Crippen LogP) is 5.64. The zero-order chi connectivity index (χ0) is 27.7. The predicted molar refractivity (Wildman–Crippen MR) is 165 cm³/mol. The summed E-state index contributed by atoms with van der Waals surface area (Å²) in [5.41, 5.74) is 4.29. The molecule has 6 nitrogen and oxygen atoms in total. The van der Waals surface area contributed by atoms with E-state index >= 15 is 0 Å². The summed E-state index contributed by atoms with van der Waals surface area (Å²) >= 11 is 7.38. The van der Waals surface area contributed by atoms with Gasteiger partial charge in [-0.2, -0.15) is 4.99 Å². The minimum absolute atomic E-state index is 0.0751. The number of carbonyl (C=O) groups is 1. The summed E-state index contributed by atoms with van der Waals surface area (Å²) in [6, 6.07) is 26.0. The Morgan fingerprint density at radius 3 is 2.25 bits per heavy atom. The van der Waals surface area contributed by atoms with Gasteiger partial charge in [0, 0.05) is 34.7 Å². The number of halogens is 1. The van der Waals surface area contributed by atoms with Gasteiger partial charge in [-0.1, -0.05) is 65.8 Å². The topological polar surface area (TPSA) is 70.0 Å². The molecule has 0 unspecified atom stereocenters. The molecule has 0 aliphatic carbocycles. The van der Waals surface area contributed by atoms with E-state index in [0.717, 1.165) is 43.6 Å². The van der Waals surface area contributed by atoms with Gasteiger partial charge in [-0.25, -0.2) is 8.42 Å². The van der Waals surface area contributed by atoms with Gasteiger partial charge in [0.2, 0.25) is 0 Å². The summed E-state index contributed by atoms with van der Waals surface area (Å²) in [6.45, 7) is 2.04. The number of nitrogens with zero attached hydrogens (tertiary/aromatic N) is 3. The van der Waals surface area contributed by atoms with E-state index in [4.69, 9.17) is 11.6 Å². The largest absolute Gasteiger partial charge is 0.372 e. The van der Waals surface area contributed by atoms with E-state index in [1.807, 2.05) is 29.2 Å². The van der Waals surface area contributed by atoms with Gasteiger partial charge >= 0.3 is 0 Å². The lowest BCUT2D eigenvalue weighted by atomic mass is 9.90. The van der Waals surface area contributed by atoms with Crippen LogP contribution in [0.25, 0.3) is 0 Å². The lowest BCUT2D eigenvalue weighted by molar-refractivity contribution is -0.117. The Labute approximate surface area is 245 Å². The van der Waals surface area contributed by atoms with E-state index in [0.29, 0.717) is 16.1 Å². The number of amides is 1. The second kappa shape index (κ2) is 11.6. The lowest BCUT2D eigenvalue weighted by Crippen LogP contribution is -2.38. The number of anilines is 2. The second-order valence-corrected chi connectivity index (χ2v) is 14.7. The molecule has 3 saturated heterocycles. The molecular formula is C31H32ClN3O3S2. The van der Waals surface area contributed by atoms with Crippen LogP contribution < -0.4 is 9.80 Å². The van der Waals surface area contributed by atoms with Gasteiger partial charge in [0.1, 0.15) is 0 Å². The Kier molecular flexibility index (Phi) is 7.93. The van der Waals surface area contributed by atoms with Crippen molar-refractivity contribution >= 4 is 55.6 Å². The third-order valence-electron chi connectivity index (χ3n) is 8.03. The van der Waals surface area contributed by atoms with Crippen LogP contribution in [0.2, 0.25) is 5.02 Å². The number of benzene rings is 3. The number of hydrogen-bond donors (Lipinski definition) is 0. The van der Waals surface area contributed by atoms with E-state index in [-0.39, 0.29) is 35.1 Å². The van der Waals surface area contributed by atoms with Gasteiger partial charge < -0.3 is 9.80 Å². The van der Waals surface area contributed by atoms with Crippen molar-refractivity contribution in [2.45, 2.75) is 37.0 Å². The van der Waals surface area contributed by atoms with Crippen molar-refractivity contribution in [2.24, 2.45) is 10.9 Å². The lowest BCUT2D eigenvalue weighted by Gasteiger charge is -2.34. The monoisotopic (exact) mass is 593 g/mol. The zero-order valence-electron chi connectivity index (χ0n) is 22.2. The molecule has 0 aromatic heterocycles. The minimum atomic E-state index is -3.13. The van der Waals surface area contributed by atoms with Gasteiger partial charge in [0.25, 0.3) is 5.91 Å². The van der Waals surface area contributed by atoms with Crippen molar-refractivity contribution in [1.82, 2.24) is 0 Å². The third kappa shape index (κ3) is 6.24. The number of aliphatic imine (C=N–C) groups is 1. The zero-order valence-corrected chi connectivity index (χ0v) is 24.5. The number of rotatable bonds is 6. The number of thioether (sulfide) groups is 1. The standard InChI is InChI=1S/C31H32ClN3O3S2/c32-25-8-6-23(7-9-25)19-30(36)33-31-35(28-20-40(37,38)21-29(28)39-31)27-12-10-26(11-13-27)34-16-14-24(15-17-34)18-22-4-2-1-3-5-22/h1-13,24,28-29H,14-21H2/t28-,29+/m1/s1. The molecule has 0 radical (unpaired) electrons. The normalized spacial score (nSPS) is 23.5. The van der Waals surface area contributed by atoms with E-state index in [1.165, 1.54) is 23.0 Å². The van der Waals surface area contributed by atoms with Crippen molar-refractivity contribution in [2.75, 3.05) is 34.4 Å². The van der Waals surface area contributed by atoms with Crippen LogP contribution in [0.15, 0.2) is 83.9 Å². The SMILES string of the molecule is O=C(Cc1ccc(Cl)cc1)N=C1S[C@H]2CS(=O)(=O)C[C@H]2N1c1ccc(N2CCC(Cc3ccccc3)CC2)cc1. The van der Waals surface area contributed by atoms with Crippen LogP contribution in [0.5, 0.6) is 0 Å². The van der Waals surface area contributed by atoms with Crippen molar-refractivity contribution in [3.63, 3.8) is 0 Å². The molecule has 208 valence electrons. The first-order valence-corrected chi connectivity index (χ1v) is 16.8. The first kappa shape index (κ1) is 27.4. The van der Waals surface area contributed by atoms with Crippen LogP contribution in [0.1, 0.15) is 24.0 Å². The highest BCUT2D eigenvalue weighted by Gasteiger charge is 2.49. The Balaban J connectivity index is 1.16. The van der Waals surface area contributed by atoms with Crippen LogP contribution >= 0.6 is 23.4 Å². The molecule has 3 aromatic carbocycles. The number of hydrogen-bond acceptors (Lipinski definition) is 5. The highest BCUT2D eigenvalue weighted by atomic mass is 35.5. The average Bonchev–Trinajstić information content (AvgIpc) is 3.41. The Bertz CT molecular complexity index is 1490. The molecule has 40 heavy (non-hydrogen) atoms. The van der Waals surface area contributed by atoms with E-state index in [1.54, 1.807) is 12.1 Å². The van der Waals surface area contributed by atoms with E-state index in [2.05, 4.69) is 52.4 Å². The Hall–Kier alpha value is -2.81. The molecule has 3 fully saturated rings. The first-order chi connectivity index (χ1) is 19.3. The summed E-state index contributed by atoms with van der Waals surface area (Å²) in [6.07, 6.45) is 3.62. The molecule has 2 atom stereocenters. The third-order valence-corrected chi connectivity index (χ3v) is 11.5. The summed E-state index contributed by atoms with van der Waals surface area (Å²) in [5.74, 6) is 0.628. The number of sulfone groups is 1. The fourth-order valence-corrected chi connectivity index (χ4v) is 10.0. The molecule has 0 spiro atoms. The molecule has 3 aromatic rings. The van der Waals surface area contributed by atoms with Crippen LogP contribution in [0, 0.1) is 5.92 Å². The molecule has 0 bridgehead atoms. The van der Waals surface area contributed by atoms with E-state index in [9.17, 15) is 13.2 Å². The number of fused-ring (bicyclic) bond motifs is 1. The highest BCUT2D eigenvalue weighted by molar-refractivity contribution is 8.16. The van der Waals surface area contributed by atoms with Gasteiger partial charge in [-0.15, -0.1) is 0 Å². The average molecular weight is 594 g/mol. The maximum absolute atomic E-state index is 12.9. The number of carbonyl (C=O) groups excluding carboxylic acids is 1. The summed E-state index contributed by atoms with van der Waals surface area (Å²) < 4.78 is 24.9. The maximum Gasteiger partial charge on any atom is 0.252 e. The Morgan fingerprint density at radius 1 is 0.875 bits per heavy atom. The van der Waals surface area contributed by atoms with Crippen molar-refractivity contribution < 1.29 is 13.2 Å². The summed E-state index contributed by atoms with van der Waals surface area (Å²) in [5, 5.41) is 1.07. The minimum Gasteiger partial charge on any atom is -0.372 e. The number of piperidine rings is 1. The van der Waals surface area contributed by atoms with Crippen molar-refractivity contribution in [1.29, 1.82) is 0 Å². The van der Waals surface area contributed by atoms with E-state index < -0.39 is 9.84 Å². The summed E-state index contributed by atoms with van der Waals surface area (Å²) in [7, 11) is -3.13. The van der Waals surface area contributed by atoms with Crippen LogP contribution in [-0.2, 0) is 27.5 Å². The highest BCUT2D eigenvalue weighted by Crippen LogP contribution is 2.41. The van der Waals surface area contributed by atoms with Crippen LogP contribution in [0.4, 0.5) is 11.4 Å². The van der Waals surface area contributed by atoms with Gasteiger partial charge in [-0.05, 0) is 72.7 Å². The summed E-state index contributed by atoms with van der Waals surface area (Å²) in [4.78, 5) is 21.8. The van der Waals surface area contributed by atoms with Crippen LogP contribution in [-0.4, -0.2) is 55.4 Å². The molecule has 3 aliphatic rings. The smallest absolute Gasteiger partial charge is 0.252 e.